The van der Waals surface area contributed by atoms with Crippen molar-refractivity contribution in [3.8, 4) is 17.2 Å². The van der Waals surface area contributed by atoms with Gasteiger partial charge in [-0.05, 0) is 70.8 Å². The van der Waals surface area contributed by atoms with E-state index in [0.717, 1.165) is 27.6 Å². The first kappa shape index (κ1) is 25.6. The van der Waals surface area contributed by atoms with E-state index in [0.29, 0.717) is 18.1 Å². The third kappa shape index (κ3) is 6.58. The summed E-state index contributed by atoms with van der Waals surface area (Å²) in [7, 11) is 1.55. The highest BCUT2D eigenvalue weighted by atomic mass is 16.6. The van der Waals surface area contributed by atoms with Crippen molar-refractivity contribution in [2.45, 2.75) is 32.5 Å². The molecule has 0 aromatic heterocycles. The summed E-state index contributed by atoms with van der Waals surface area (Å²) in [5, 5.41) is 11.7. The number of carboxylic acids is 1. The second-order valence-corrected chi connectivity index (χ2v) is 8.55. The first-order valence-electron chi connectivity index (χ1n) is 12.0. The second-order valence-electron chi connectivity index (χ2n) is 8.55. The number of hydrogen-bond donors (Lipinski definition) is 1. The van der Waals surface area contributed by atoms with Gasteiger partial charge in [-0.3, -0.25) is 4.90 Å². The van der Waals surface area contributed by atoms with Gasteiger partial charge in [0.05, 0.1) is 7.11 Å². The van der Waals surface area contributed by atoms with Gasteiger partial charge in [0.1, 0.15) is 29.9 Å². The summed E-state index contributed by atoms with van der Waals surface area (Å²) >= 11 is 0. The van der Waals surface area contributed by atoms with Crippen LogP contribution in [-0.4, -0.2) is 35.2 Å². The normalized spacial score (nSPS) is 11.5. The van der Waals surface area contributed by atoms with E-state index in [1.165, 1.54) is 4.90 Å². The third-order valence-corrected chi connectivity index (χ3v) is 6.02. The van der Waals surface area contributed by atoms with Gasteiger partial charge in [-0.15, -0.1) is 0 Å². The first-order chi connectivity index (χ1) is 18.0. The van der Waals surface area contributed by atoms with E-state index in [4.69, 9.17) is 14.2 Å². The number of fused-ring (bicyclic) bond motifs is 1. The number of amides is 1. The Morgan fingerprint density at radius 1 is 0.811 bits per heavy atom. The van der Waals surface area contributed by atoms with Crippen LogP contribution < -0.4 is 14.2 Å². The Kier molecular flexibility index (Phi) is 8.26. The van der Waals surface area contributed by atoms with E-state index in [1.54, 1.807) is 38.3 Å². The minimum atomic E-state index is -1.09. The van der Waals surface area contributed by atoms with E-state index in [-0.39, 0.29) is 13.0 Å². The average molecular weight is 500 g/mol. The molecular formula is C30H29NO6. The van der Waals surface area contributed by atoms with Crippen LogP contribution >= 0.6 is 0 Å². The van der Waals surface area contributed by atoms with Gasteiger partial charge in [-0.1, -0.05) is 55.5 Å². The standard InChI is InChI=1S/C30H29NO6/c1-3-28(29(32)33)31(30(34)37-26-15-13-25(35-2)14-16-26)19-22-9-10-24-18-27(12-11-23(24)17-22)36-20-21-7-5-4-6-8-21/h4-18,28H,3,19-20H2,1-2H3,(H,32,33). The Balaban J connectivity index is 1.51. The van der Waals surface area contributed by atoms with E-state index >= 15 is 0 Å². The maximum atomic E-state index is 13.1. The molecule has 4 rings (SSSR count). The Labute approximate surface area is 215 Å². The zero-order valence-electron chi connectivity index (χ0n) is 20.8. The fourth-order valence-electron chi connectivity index (χ4n) is 4.03. The monoisotopic (exact) mass is 499 g/mol. The molecule has 0 heterocycles. The number of carbonyl (C=O) groups excluding carboxylic acids is 1. The Bertz CT molecular complexity index is 1350. The summed E-state index contributed by atoms with van der Waals surface area (Å²) in [6, 6.07) is 27.0. The molecule has 0 radical (unpaired) electrons. The van der Waals surface area contributed by atoms with Crippen molar-refractivity contribution < 1.29 is 28.9 Å². The molecule has 0 saturated heterocycles. The molecule has 1 amide bonds. The Morgan fingerprint density at radius 2 is 1.46 bits per heavy atom. The summed E-state index contributed by atoms with van der Waals surface area (Å²) in [5.41, 5.74) is 1.88. The van der Waals surface area contributed by atoms with Crippen LogP contribution in [0, 0.1) is 0 Å². The number of hydrogen-bond acceptors (Lipinski definition) is 5. The molecule has 7 nitrogen and oxygen atoms in total. The van der Waals surface area contributed by atoms with Gasteiger partial charge in [0.25, 0.3) is 0 Å². The Hall–Kier alpha value is -4.52. The molecule has 0 aliphatic rings. The molecular weight excluding hydrogens is 470 g/mol. The highest BCUT2D eigenvalue weighted by Gasteiger charge is 2.30. The van der Waals surface area contributed by atoms with Crippen molar-refractivity contribution in [3.05, 3.63) is 102 Å². The molecule has 4 aromatic rings. The maximum Gasteiger partial charge on any atom is 0.416 e. The fraction of sp³-hybridized carbons (Fsp3) is 0.200. The molecule has 0 aliphatic carbocycles. The molecule has 1 N–H and O–H groups in total. The van der Waals surface area contributed by atoms with Gasteiger partial charge in [-0.2, -0.15) is 0 Å². The van der Waals surface area contributed by atoms with Crippen LogP contribution in [0.4, 0.5) is 4.79 Å². The molecule has 0 aliphatic heterocycles. The van der Waals surface area contributed by atoms with Crippen LogP contribution in [0.2, 0.25) is 0 Å². The van der Waals surface area contributed by atoms with Crippen LogP contribution in [0.3, 0.4) is 0 Å². The van der Waals surface area contributed by atoms with E-state index in [2.05, 4.69) is 0 Å². The predicted octanol–water partition coefficient (Wildman–Crippen LogP) is 6.29. The highest BCUT2D eigenvalue weighted by Crippen LogP contribution is 2.25. The number of methoxy groups -OCH3 is 1. The van der Waals surface area contributed by atoms with Gasteiger partial charge in [0.2, 0.25) is 0 Å². The number of carbonyl (C=O) groups is 2. The van der Waals surface area contributed by atoms with Crippen molar-refractivity contribution in [2.24, 2.45) is 0 Å². The van der Waals surface area contributed by atoms with Crippen molar-refractivity contribution in [3.63, 3.8) is 0 Å². The van der Waals surface area contributed by atoms with Crippen LogP contribution in [-0.2, 0) is 17.9 Å². The van der Waals surface area contributed by atoms with Gasteiger partial charge in [0.15, 0.2) is 0 Å². The lowest BCUT2D eigenvalue weighted by Crippen LogP contribution is -2.45. The van der Waals surface area contributed by atoms with Crippen LogP contribution in [0.1, 0.15) is 24.5 Å². The molecule has 1 unspecified atom stereocenters. The minimum absolute atomic E-state index is 0.0853. The topological polar surface area (TPSA) is 85.3 Å². The van der Waals surface area contributed by atoms with Crippen LogP contribution in [0.15, 0.2) is 91.0 Å². The molecule has 37 heavy (non-hydrogen) atoms. The quantitative estimate of drug-likeness (QED) is 0.276. The zero-order chi connectivity index (χ0) is 26.2. The summed E-state index contributed by atoms with van der Waals surface area (Å²) in [4.78, 5) is 26.2. The Morgan fingerprint density at radius 3 is 2.14 bits per heavy atom. The maximum absolute atomic E-state index is 13.1. The number of aliphatic carboxylic acids is 1. The van der Waals surface area contributed by atoms with Gasteiger partial charge in [0, 0.05) is 6.54 Å². The molecule has 190 valence electrons. The lowest BCUT2D eigenvalue weighted by Gasteiger charge is -2.27. The number of nitrogens with zero attached hydrogens (tertiary/aromatic N) is 1. The van der Waals surface area contributed by atoms with Crippen LogP contribution in [0.25, 0.3) is 10.8 Å². The zero-order valence-corrected chi connectivity index (χ0v) is 20.8. The molecule has 7 heteroatoms. The van der Waals surface area contributed by atoms with E-state index in [9.17, 15) is 14.7 Å². The van der Waals surface area contributed by atoms with Gasteiger partial charge in [-0.25, -0.2) is 9.59 Å². The molecule has 0 spiro atoms. The van der Waals surface area contributed by atoms with Crippen molar-refractivity contribution in [2.75, 3.05) is 7.11 Å². The number of benzene rings is 4. The third-order valence-electron chi connectivity index (χ3n) is 6.02. The summed E-state index contributed by atoms with van der Waals surface area (Å²) in [6.45, 7) is 2.29. The largest absolute Gasteiger partial charge is 0.497 e. The van der Waals surface area contributed by atoms with Crippen molar-refractivity contribution in [1.82, 2.24) is 4.90 Å². The van der Waals surface area contributed by atoms with Gasteiger partial charge >= 0.3 is 12.1 Å². The average Bonchev–Trinajstić information content (AvgIpc) is 2.92. The van der Waals surface area contributed by atoms with Crippen molar-refractivity contribution >= 4 is 22.8 Å². The van der Waals surface area contributed by atoms with E-state index in [1.807, 2.05) is 66.7 Å². The SMILES string of the molecule is CCC(C(=O)O)N(Cc1ccc2cc(OCc3ccccc3)ccc2c1)C(=O)Oc1ccc(OC)cc1. The summed E-state index contributed by atoms with van der Waals surface area (Å²) in [6.07, 6.45) is -0.493. The van der Waals surface area contributed by atoms with E-state index < -0.39 is 18.1 Å². The molecule has 0 fully saturated rings. The number of ether oxygens (including phenoxy) is 3. The number of rotatable bonds is 10. The molecule has 0 bridgehead atoms. The smallest absolute Gasteiger partial charge is 0.416 e. The number of carboxylic acid groups (broad SMARTS) is 1. The summed E-state index contributed by atoms with van der Waals surface area (Å²) < 4.78 is 16.6. The fourth-order valence-corrected chi connectivity index (χ4v) is 4.03. The molecule has 4 aromatic carbocycles. The van der Waals surface area contributed by atoms with Gasteiger partial charge < -0.3 is 19.3 Å². The second kappa shape index (κ2) is 11.9. The predicted molar refractivity (Wildman–Crippen MR) is 141 cm³/mol. The summed E-state index contributed by atoms with van der Waals surface area (Å²) in [5.74, 6) is 0.594. The lowest BCUT2D eigenvalue weighted by atomic mass is 10.1. The molecule has 1 atom stereocenters. The lowest BCUT2D eigenvalue weighted by molar-refractivity contribution is -0.142. The highest BCUT2D eigenvalue weighted by molar-refractivity contribution is 5.85. The van der Waals surface area contributed by atoms with Crippen molar-refractivity contribution in [1.29, 1.82) is 0 Å². The minimum Gasteiger partial charge on any atom is -0.497 e. The molecule has 0 saturated carbocycles. The van der Waals surface area contributed by atoms with Crippen LogP contribution in [0.5, 0.6) is 17.2 Å². The first-order valence-corrected chi connectivity index (χ1v) is 12.0.